The highest BCUT2D eigenvalue weighted by atomic mass is 19.1. The molecular weight excluding hydrogens is 397 g/mol. The van der Waals surface area contributed by atoms with E-state index in [1.165, 1.54) is 24.3 Å². The van der Waals surface area contributed by atoms with Gasteiger partial charge in [0.25, 0.3) is 5.91 Å². The van der Waals surface area contributed by atoms with Crippen LogP contribution >= 0.6 is 0 Å². The first-order valence-corrected chi connectivity index (χ1v) is 11.3. The van der Waals surface area contributed by atoms with Gasteiger partial charge < -0.3 is 15.1 Å². The SMILES string of the molecule is CC(C)(C)CC(=O)N1CCC(C(NC(=O)c2ccc(F)cc2)C(=O)N2CCCC2)CC1. The number of nitrogens with zero attached hydrogens (tertiary/aromatic N) is 2. The number of piperidine rings is 1. The zero-order chi connectivity index (χ0) is 22.6. The molecule has 7 heteroatoms. The van der Waals surface area contributed by atoms with E-state index in [1.807, 2.05) is 30.6 Å². The molecule has 1 atom stereocenters. The van der Waals surface area contributed by atoms with Gasteiger partial charge in [0, 0.05) is 38.2 Å². The van der Waals surface area contributed by atoms with Gasteiger partial charge in [0.05, 0.1) is 0 Å². The Labute approximate surface area is 184 Å². The summed E-state index contributed by atoms with van der Waals surface area (Å²) < 4.78 is 13.2. The van der Waals surface area contributed by atoms with Crippen molar-refractivity contribution in [1.82, 2.24) is 15.1 Å². The van der Waals surface area contributed by atoms with Crippen LogP contribution in [-0.4, -0.2) is 59.7 Å². The molecule has 1 aromatic rings. The van der Waals surface area contributed by atoms with Crippen molar-refractivity contribution in [3.05, 3.63) is 35.6 Å². The first kappa shape index (κ1) is 23.2. The minimum atomic E-state index is -0.629. The minimum Gasteiger partial charge on any atom is -0.343 e. The summed E-state index contributed by atoms with van der Waals surface area (Å²) in [6.45, 7) is 8.76. The maximum Gasteiger partial charge on any atom is 0.251 e. The fourth-order valence-corrected chi connectivity index (χ4v) is 4.39. The van der Waals surface area contributed by atoms with Gasteiger partial charge in [-0.3, -0.25) is 14.4 Å². The van der Waals surface area contributed by atoms with E-state index in [1.54, 1.807) is 0 Å². The van der Waals surface area contributed by atoms with Crippen molar-refractivity contribution < 1.29 is 18.8 Å². The topological polar surface area (TPSA) is 69.7 Å². The Kier molecular flexibility index (Phi) is 7.34. The van der Waals surface area contributed by atoms with Gasteiger partial charge in [-0.2, -0.15) is 0 Å². The quantitative estimate of drug-likeness (QED) is 0.778. The lowest BCUT2D eigenvalue weighted by Crippen LogP contribution is -2.54. The molecule has 1 N–H and O–H groups in total. The lowest BCUT2D eigenvalue weighted by Gasteiger charge is -2.37. The van der Waals surface area contributed by atoms with Gasteiger partial charge in [-0.25, -0.2) is 4.39 Å². The molecule has 6 nitrogen and oxygen atoms in total. The number of halogens is 1. The molecule has 0 radical (unpaired) electrons. The van der Waals surface area contributed by atoms with E-state index >= 15 is 0 Å². The molecule has 2 aliphatic rings. The number of carbonyl (C=O) groups is 3. The summed E-state index contributed by atoms with van der Waals surface area (Å²) in [6.07, 6.45) is 3.79. The summed E-state index contributed by atoms with van der Waals surface area (Å²) >= 11 is 0. The standard InChI is InChI=1S/C24H34FN3O3/c1-24(2,3)16-20(29)27-14-10-17(11-15-27)21(23(31)28-12-4-5-13-28)26-22(30)18-6-8-19(25)9-7-18/h6-9,17,21H,4-5,10-16H2,1-3H3,(H,26,30). The number of likely N-dealkylation sites (tertiary alicyclic amines) is 2. The number of benzene rings is 1. The van der Waals surface area contributed by atoms with E-state index in [-0.39, 0.29) is 29.1 Å². The molecule has 2 heterocycles. The largest absolute Gasteiger partial charge is 0.343 e. The van der Waals surface area contributed by atoms with Gasteiger partial charge >= 0.3 is 0 Å². The zero-order valence-electron chi connectivity index (χ0n) is 18.8. The zero-order valence-corrected chi connectivity index (χ0v) is 18.8. The summed E-state index contributed by atoms with van der Waals surface area (Å²) in [4.78, 5) is 42.3. The summed E-state index contributed by atoms with van der Waals surface area (Å²) in [5, 5.41) is 2.93. The second kappa shape index (κ2) is 9.79. The Bertz CT molecular complexity index is 789. The average molecular weight is 432 g/mol. The third-order valence-electron chi connectivity index (χ3n) is 6.12. The number of rotatable bonds is 5. The molecule has 170 valence electrons. The number of hydrogen-bond donors (Lipinski definition) is 1. The summed E-state index contributed by atoms with van der Waals surface area (Å²) in [5.74, 6) is -0.718. The number of carbonyl (C=O) groups excluding carboxylic acids is 3. The number of hydrogen-bond acceptors (Lipinski definition) is 3. The smallest absolute Gasteiger partial charge is 0.251 e. The van der Waals surface area contributed by atoms with Crippen molar-refractivity contribution in [1.29, 1.82) is 0 Å². The van der Waals surface area contributed by atoms with Crippen LogP contribution in [0, 0.1) is 17.2 Å². The van der Waals surface area contributed by atoms with Gasteiger partial charge in [0.15, 0.2) is 0 Å². The molecule has 2 aliphatic heterocycles. The third-order valence-corrected chi connectivity index (χ3v) is 6.12. The lowest BCUT2D eigenvalue weighted by molar-refractivity contribution is -0.136. The Morgan fingerprint density at radius 2 is 1.58 bits per heavy atom. The monoisotopic (exact) mass is 431 g/mol. The Morgan fingerprint density at radius 1 is 1.00 bits per heavy atom. The van der Waals surface area contributed by atoms with Crippen molar-refractivity contribution in [2.24, 2.45) is 11.3 Å². The fraction of sp³-hybridized carbons (Fsp3) is 0.625. The highest BCUT2D eigenvalue weighted by Crippen LogP contribution is 2.26. The summed E-state index contributed by atoms with van der Waals surface area (Å²) in [6, 6.07) is 4.71. The van der Waals surface area contributed by atoms with Crippen LogP contribution in [0.1, 0.15) is 63.2 Å². The molecule has 0 aliphatic carbocycles. The first-order valence-electron chi connectivity index (χ1n) is 11.3. The Hall–Kier alpha value is -2.44. The van der Waals surface area contributed by atoms with E-state index in [0.29, 0.717) is 51.0 Å². The van der Waals surface area contributed by atoms with Crippen LogP contribution < -0.4 is 5.32 Å². The van der Waals surface area contributed by atoms with E-state index in [2.05, 4.69) is 5.32 Å². The molecule has 0 saturated carbocycles. The van der Waals surface area contributed by atoms with Crippen LogP contribution in [-0.2, 0) is 9.59 Å². The van der Waals surface area contributed by atoms with Gasteiger partial charge in [0.1, 0.15) is 11.9 Å². The predicted octanol–water partition coefficient (Wildman–Crippen LogP) is 3.22. The van der Waals surface area contributed by atoms with Crippen LogP contribution in [0.2, 0.25) is 0 Å². The molecule has 3 amide bonds. The molecule has 1 unspecified atom stereocenters. The van der Waals surface area contributed by atoms with Crippen LogP contribution in [0.15, 0.2) is 24.3 Å². The second-order valence-electron chi connectivity index (χ2n) is 9.95. The summed E-state index contributed by atoms with van der Waals surface area (Å²) in [7, 11) is 0. The lowest BCUT2D eigenvalue weighted by atomic mass is 9.87. The number of nitrogens with one attached hydrogen (secondary N) is 1. The fourth-order valence-electron chi connectivity index (χ4n) is 4.39. The highest BCUT2D eigenvalue weighted by Gasteiger charge is 2.37. The van der Waals surface area contributed by atoms with Crippen molar-refractivity contribution in [3.8, 4) is 0 Å². The maximum atomic E-state index is 13.2. The highest BCUT2D eigenvalue weighted by molar-refractivity contribution is 5.97. The van der Waals surface area contributed by atoms with Gasteiger partial charge in [0.2, 0.25) is 11.8 Å². The third kappa shape index (κ3) is 6.28. The predicted molar refractivity (Wildman–Crippen MR) is 117 cm³/mol. The van der Waals surface area contributed by atoms with Crippen molar-refractivity contribution >= 4 is 17.7 Å². The van der Waals surface area contributed by atoms with Crippen LogP contribution in [0.4, 0.5) is 4.39 Å². The number of amides is 3. The van der Waals surface area contributed by atoms with E-state index in [4.69, 9.17) is 0 Å². The molecule has 2 fully saturated rings. The van der Waals surface area contributed by atoms with Crippen molar-refractivity contribution in [2.75, 3.05) is 26.2 Å². The molecule has 2 saturated heterocycles. The normalized spacial score (nSPS) is 18.7. The molecule has 31 heavy (non-hydrogen) atoms. The summed E-state index contributed by atoms with van der Waals surface area (Å²) in [5.41, 5.74) is 0.268. The van der Waals surface area contributed by atoms with Crippen LogP contribution in [0.25, 0.3) is 0 Å². The molecule has 0 bridgehead atoms. The Morgan fingerprint density at radius 3 is 2.13 bits per heavy atom. The van der Waals surface area contributed by atoms with Crippen LogP contribution in [0.3, 0.4) is 0 Å². The first-order chi connectivity index (χ1) is 14.6. The van der Waals surface area contributed by atoms with Crippen LogP contribution in [0.5, 0.6) is 0 Å². The van der Waals surface area contributed by atoms with E-state index < -0.39 is 11.9 Å². The van der Waals surface area contributed by atoms with Gasteiger partial charge in [-0.1, -0.05) is 20.8 Å². The average Bonchev–Trinajstić information content (AvgIpc) is 3.26. The van der Waals surface area contributed by atoms with Crippen molar-refractivity contribution in [3.63, 3.8) is 0 Å². The Balaban J connectivity index is 1.68. The molecule has 0 spiro atoms. The van der Waals surface area contributed by atoms with E-state index in [9.17, 15) is 18.8 Å². The van der Waals surface area contributed by atoms with Gasteiger partial charge in [-0.15, -0.1) is 0 Å². The van der Waals surface area contributed by atoms with Crippen molar-refractivity contribution in [2.45, 2.75) is 58.9 Å². The minimum absolute atomic E-state index is 0.0313. The second-order valence-corrected chi connectivity index (χ2v) is 9.95. The molecule has 3 rings (SSSR count). The molecule has 0 aromatic heterocycles. The maximum absolute atomic E-state index is 13.2. The molecule has 1 aromatic carbocycles. The van der Waals surface area contributed by atoms with Gasteiger partial charge in [-0.05, 0) is 61.3 Å². The van der Waals surface area contributed by atoms with E-state index in [0.717, 1.165) is 12.8 Å². The molecular formula is C24H34FN3O3.